The molecular formula is C19H16N4O4S2. The van der Waals surface area contributed by atoms with Crippen LogP contribution in [-0.2, 0) is 17.1 Å². The molecule has 0 amide bonds. The van der Waals surface area contributed by atoms with E-state index in [9.17, 15) is 9.59 Å². The molecule has 0 bridgehead atoms. The highest BCUT2D eigenvalue weighted by atomic mass is 32.2. The predicted molar refractivity (Wildman–Crippen MR) is 108 cm³/mol. The number of benzene rings is 1. The third-order valence-corrected chi connectivity index (χ3v) is 6.01. The van der Waals surface area contributed by atoms with Crippen LogP contribution in [0.2, 0.25) is 0 Å². The minimum absolute atomic E-state index is 0.0800. The number of thioether (sulfide) groups is 1. The summed E-state index contributed by atoms with van der Waals surface area (Å²) in [5.74, 6) is 1.01. The highest BCUT2D eigenvalue weighted by Gasteiger charge is 2.15. The van der Waals surface area contributed by atoms with Gasteiger partial charge in [0.15, 0.2) is 10.8 Å². The van der Waals surface area contributed by atoms with E-state index in [2.05, 4.69) is 15.1 Å². The summed E-state index contributed by atoms with van der Waals surface area (Å²) in [6.07, 6.45) is 0. The first-order valence-corrected chi connectivity index (χ1v) is 10.5. The maximum Gasteiger partial charge on any atom is 0.339 e. The van der Waals surface area contributed by atoms with Gasteiger partial charge in [-0.25, -0.2) is 9.78 Å². The van der Waals surface area contributed by atoms with Gasteiger partial charge in [-0.15, -0.1) is 23.1 Å². The Morgan fingerprint density at radius 1 is 1.28 bits per heavy atom. The van der Waals surface area contributed by atoms with Crippen LogP contribution in [0.5, 0.6) is 0 Å². The van der Waals surface area contributed by atoms with E-state index in [1.54, 1.807) is 19.1 Å². The van der Waals surface area contributed by atoms with Gasteiger partial charge in [0.05, 0.1) is 17.0 Å². The molecule has 0 aliphatic heterocycles. The van der Waals surface area contributed by atoms with Crippen molar-refractivity contribution >= 4 is 34.0 Å². The van der Waals surface area contributed by atoms with Crippen LogP contribution in [0.3, 0.4) is 0 Å². The molecule has 4 rings (SSSR count). The molecule has 8 nitrogen and oxygen atoms in total. The molecule has 0 atom stereocenters. The van der Waals surface area contributed by atoms with Gasteiger partial charge in [-0.3, -0.25) is 9.20 Å². The molecule has 0 saturated heterocycles. The Morgan fingerprint density at radius 2 is 2.10 bits per heavy atom. The lowest BCUT2D eigenvalue weighted by molar-refractivity contribution is 0.0463. The molecular weight excluding hydrogens is 412 g/mol. The number of aryl methyl sites for hydroxylation is 2. The van der Waals surface area contributed by atoms with Crippen LogP contribution in [-0.4, -0.2) is 25.5 Å². The Balaban J connectivity index is 1.47. The summed E-state index contributed by atoms with van der Waals surface area (Å²) in [4.78, 5) is 34.7. The lowest BCUT2D eigenvalue weighted by atomic mass is 10.2. The molecule has 10 heteroatoms. The van der Waals surface area contributed by atoms with Crippen LogP contribution in [0.1, 0.15) is 33.5 Å². The second-order valence-electron chi connectivity index (χ2n) is 6.18. The number of rotatable bonds is 6. The lowest BCUT2D eigenvalue weighted by Gasteiger charge is -2.08. The van der Waals surface area contributed by atoms with Crippen LogP contribution in [0.25, 0.3) is 4.96 Å². The van der Waals surface area contributed by atoms with Gasteiger partial charge in [-0.2, -0.15) is 4.98 Å². The fourth-order valence-electron chi connectivity index (χ4n) is 2.69. The topological polar surface area (TPSA) is 99.6 Å². The van der Waals surface area contributed by atoms with Crippen LogP contribution in [0.15, 0.2) is 49.9 Å². The number of hydrogen-bond acceptors (Lipinski definition) is 9. The number of esters is 1. The van der Waals surface area contributed by atoms with Crippen molar-refractivity contribution in [3.05, 3.63) is 74.7 Å². The van der Waals surface area contributed by atoms with Crippen molar-refractivity contribution in [1.29, 1.82) is 0 Å². The zero-order valence-corrected chi connectivity index (χ0v) is 17.2. The van der Waals surface area contributed by atoms with Crippen molar-refractivity contribution in [2.75, 3.05) is 0 Å². The summed E-state index contributed by atoms with van der Waals surface area (Å²) in [5.41, 5.74) is 1.48. The molecule has 3 heterocycles. The van der Waals surface area contributed by atoms with E-state index in [0.29, 0.717) is 33.7 Å². The number of thiazole rings is 1. The molecule has 0 aliphatic rings. The number of nitrogens with zero attached hydrogens (tertiary/aromatic N) is 4. The zero-order chi connectivity index (χ0) is 20.4. The molecule has 148 valence electrons. The average Bonchev–Trinajstić information content (AvgIpc) is 3.30. The maximum atomic E-state index is 12.6. The van der Waals surface area contributed by atoms with Crippen LogP contribution < -0.4 is 5.56 Å². The molecule has 3 aromatic heterocycles. The summed E-state index contributed by atoms with van der Waals surface area (Å²) in [5, 5.41) is 5.61. The smallest absolute Gasteiger partial charge is 0.339 e. The first kappa shape index (κ1) is 19.3. The van der Waals surface area contributed by atoms with Crippen molar-refractivity contribution < 1.29 is 14.1 Å². The lowest BCUT2D eigenvalue weighted by Crippen LogP contribution is -2.16. The molecule has 1 aromatic carbocycles. The number of ether oxygens (including phenoxy) is 1. The molecule has 0 saturated carbocycles. The Kier molecular flexibility index (Phi) is 5.45. The molecule has 0 radical (unpaired) electrons. The van der Waals surface area contributed by atoms with E-state index < -0.39 is 5.97 Å². The van der Waals surface area contributed by atoms with Gasteiger partial charge in [0, 0.05) is 22.0 Å². The average molecular weight is 428 g/mol. The van der Waals surface area contributed by atoms with E-state index >= 15 is 0 Å². The molecule has 4 aromatic rings. The predicted octanol–water partition coefficient (Wildman–Crippen LogP) is 3.41. The normalized spacial score (nSPS) is 11.1. The van der Waals surface area contributed by atoms with E-state index in [4.69, 9.17) is 9.26 Å². The molecule has 29 heavy (non-hydrogen) atoms. The Hall–Kier alpha value is -2.98. The van der Waals surface area contributed by atoms with Gasteiger partial charge >= 0.3 is 5.97 Å². The number of carbonyl (C=O) groups excluding carboxylic acids is 1. The van der Waals surface area contributed by atoms with E-state index in [1.165, 1.54) is 33.6 Å². The van der Waals surface area contributed by atoms with E-state index in [0.717, 1.165) is 10.6 Å². The molecule has 0 fully saturated rings. The minimum Gasteiger partial charge on any atom is -0.456 e. The van der Waals surface area contributed by atoms with Gasteiger partial charge in [0.25, 0.3) is 5.56 Å². The maximum absolute atomic E-state index is 12.6. The number of aromatic nitrogens is 4. The summed E-state index contributed by atoms with van der Waals surface area (Å²) < 4.78 is 12.0. The summed E-state index contributed by atoms with van der Waals surface area (Å²) >= 11 is 2.78. The van der Waals surface area contributed by atoms with E-state index in [1.807, 2.05) is 24.4 Å². The number of carbonyl (C=O) groups is 1. The van der Waals surface area contributed by atoms with Crippen molar-refractivity contribution in [2.45, 2.75) is 31.1 Å². The number of hydrogen-bond donors (Lipinski definition) is 0. The van der Waals surface area contributed by atoms with Gasteiger partial charge < -0.3 is 9.26 Å². The summed E-state index contributed by atoms with van der Waals surface area (Å²) in [6, 6.07) is 8.52. The Morgan fingerprint density at radius 3 is 2.90 bits per heavy atom. The quantitative estimate of drug-likeness (QED) is 0.340. The monoisotopic (exact) mass is 428 g/mol. The van der Waals surface area contributed by atoms with Gasteiger partial charge in [0.2, 0.25) is 5.89 Å². The van der Waals surface area contributed by atoms with Crippen LogP contribution in [0.4, 0.5) is 0 Å². The van der Waals surface area contributed by atoms with Gasteiger partial charge in [-0.05, 0) is 26.0 Å². The van der Waals surface area contributed by atoms with Crippen LogP contribution in [0, 0.1) is 13.8 Å². The fraction of sp³-hybridized carbons (Fsp3) is 0.211. The summed E-state index contributed by atoms with van der Waals surface area (Å²) in [6.45, 7) is 3.51. The third kappa shape index (κ3) is 4.22. The first-order chi connectivity index (χ1) is 14.0. The second kappa shape index (κ2) is 8.18. The molecule has 0 N–H and O–H groups in total. The largest absolute Gasteiger partial charge is 0.456 e. The van der Waals surface area contributed by atoms with Crippen molar-refractivity contribution in [3.63, 3.8) is 0 Å². The Bertz CT molecular complexity index is 1240. The zero-order valence-electron chi connectivity index (χ0n) is 15.6. The second-order valence-corrected chi connectivity index (χ2v) is 8.03. The third-order valence-electron chi connectivity index (χ3n) is 4.01. The van der Waals surface area contributed by atoms with E-state index in [-0.39, 0.29) is 12.2 Å². The van der Waals surface area contributed by atoms with Gasteiger partial charge in [-0.1, -0.05) is 17.3 Å². The fourth-order valence-corrected chi connectivity index (χ4v) is 4.46. The van der Waals surface area contributed by atoms with Crippen molar-refractivity contribution in [1.82, 2.24) is 19.5 Å². The molecule has 0 unspecified atom stereocenters. The van der Waals surface area contributed by atoms with Crippen molar-refractivity contribution in [2.24, 2.45) is 0 Å². The highest BCUT2D eigenvalue weighted by Crippen LogP contribution is 2.26. The minimum atomic E-state index is -0.487. The Labute approximate surface area is 173 Å². The molecule has 0 aliphatic carbocycles. The SMILES string of the molecule is Cc1noc(CSc2ccccc2C(=O)OCc2cc(=O)n3c(C)csc3n2)n1. The number of fused-ring (bicyclic) bond motifs is 1. The highest BCUT2D eigenvalue weighted by molar-refractivity contribution is 7.98. The summed E-state index contributed by atoms with van der Waals surface area (Å²) in [7, 11) is 0. The molecule has 0 spiro atoms. The van der Waals surface area contributed by atoms with Gasteiger partial charge in [0.1, 0.15) is 6.61 Å². The first-order valence-electron chi connectivity index (χ1n) is 8.66. The standard InChI is InChI=1S/C19H16N4O4S2/c1-11-9-29-19-21-13(7-17(24)23(11)19)8-26-18(25)14-5-3-4-6-15(14)28-10-16-20-12(2)22-27-16/h3-7,9H,8,10H2,1-2H3. The van der Waals surface area contributed by atoms with Crippen LogP contribution >= 0.6 is 23.1 Å². The van der Waals surface area contributed by atoms with Crippen molar-refractivity contribution in [3.8, 4) is 0 Å².